The van der Waals surface area contributed by atoms with Gasteiger partial charge < -0.3 is 14.4 Å². The number of halogens is 1. The molecule has 4 rings (SSSR count). The molecule has 2 aromatic carbocycles. The smallest absolute Gasteiger partial charge is 0.264 e. The number of rotatable bonds is 5. The van der Waals surface area contributed by atoms with Crippen molar-refractivity contribution in [1.29, 1.82) is 0 Å². The lowest BCUT2D eigenvalue weighted by atomic mass is 9.87. The van der Waals surface area contributed by atoms with Crippen LogP contribution < -0.4 is 4.90 Å². The van der Waals surface area contributed by atoms with Crippen LogP contribution in [-0.4, -0.2) is 16.8 Å². The van der Waals surface area contributed by atoms with E-state index in [9.17, 15) is 14.7 Å². The summed E-state index contributed by atoms with van der Waals surface area (Å²) in [7, 11) is 0. The Morgan fingerprint density at radius 3 is 2.55 bits per heavy atom. The van der Waals surface area contributed by atoms with E-state index in [4.69, 9.17) is 16.0 Å². The first-order valence-electron chi connectivity index (χ1n) is 9.27. The van der Waals surface area contributed by atoms with Gasteiger partial charge in [-0.25, -0.2) is 0 Å². The number of amides is 1. The fourth-order valence-corrected chi connectivity index (χ4v) is 4.10. The molecule has 29 heavy (non-hydrogen) atoms. The summed E-state index contributed by atoms with van der Waals surface area (Å²) in [6.45, 7) is 3.73. The van der Waals surface area contributed by atoms with Crippen molar-refractivity contribution < 1.29 is 19.1 Å². The van der Waals surface area contributed by atoms with Crippen LogP contribution in [0.4, 0.5) is 5.69 Å². The Kier molecular flexibility index (Phi) is 4.81. The average molecular weight is 410 g/mol. The molecular weight excluding hydrogens is 390 g/mol. The largest absolute Gasteiger partial charge is 0.469 e. The summed E-state index contributed by atoms with van der Waals surface area (Å²) in [5, 5.41) is 11.8. The van der Waals surface area contributed by atoms with E-state index in [0.29, 0.717) is 33.2 Å². The lowest BCUT2D eigenvalue weighted by molar-refractivity contribution is -0.136. The first-order valence-corrected chi connectivity index (χ1v) is 9.65. The minimum Gasteiger partial charge on any atom is -0.469 e. The molecule has 2 heterocycles. The molecular formula is C23H20ClNO4. The van der Waals surface area contributed by atoms with E-state index in [-0.39, 0.29) is 18.7 Å². The fourth-order valence-electron chi connectivity index (χ4n) is 3.93. The van der Waals surface area contributed by atoms with Crippen LogP contribution in [0.3, 0.4) is 0 Å². The molecule has 148 valence electrons. The minimum absolute atomic E-state index is 0.286. The summed E-state index contributed by atoms with van der Waals surface area (Å²) >= 11 is 6.15. The molecule has 1 atom stereocenters. The normalized spacial score (nSPS) is 18.2. The van der Waals surface area contributed by atoms with Gasteiger partial charge in [0.15, 0.2) is 11.4 Å². The number of hydrogen-bond acceptors (Lipinski definition) is 4. The molecule has 0 unspecified atom stereocenters. The van der Waals surface area contributed by atoms with Crippen LogP contribution >= 0.6 is 11.6 Å². The van der Waals surface area contributed by atoms with Gasteiger partial charge in [0.1, 0.15) is 5.76 Å². The lowest BCUT2D eigenvalue weighted by Gasteiger charge is -2.23. The van der Waals surface area contributed by atoms with Gasteiger partial charge in [0.25, 0.3) is 5.91 Å². The van der Waals surface area contributed by atoms with Crippen molar-refractivity contribution in [2.45, 2.75) is 32.4 Å². The van der Waals surface area contributed by atoms with Crippen LogP contribution in [0.25, 0.3) is 0 Å². The van der Waals surface area contributed by atoms with Crippen LogP contribution in [0.2, 0.25) is 5.02 Å². The van der Waals surface area contributed by atoms with Crippen LogP contribution in [0, 0.1) is 13.8 Å². The lowest BCUT2D eigenvalue weighted by Crippen LogP contribution is -2.41. The third-order valence-corrected chi connectivity index (χ3v) is 5.57. The van der Waals surface area contributed by atoms with Crippen LogP contribution in [0.1, 0.15) is 39.2 Å². The van der Waals surface area contributed by atoms with Gasteiger partial charge in [-0.15, -0.1) is 0 Å². The van der Waals surface area contributed by atoms with Crippen molar-refractivity contribution >= 4 is 29.0 Å². The molecule has 0 radical (unpaired) electrons. The molecule has 1 aliphatic heterocycles. The van der Waals surface area contributed by atoms with Gasteiger partial charge in [-0.3, -0.25) is 9.59 Å². The van der Waals surface area contributed by atoms with Gasteiger partial charge in [0, 0.05) is 10.6 Å². The third kappa shape index (κ3) is 3.26. The second-order valence-electron chi connectivity index (χ2n) is 7.35. The van der Waals surface area contributed by atoms with Crippen LogP contribution in [0.15, 0.2) is 59.2 Å². The number of furan rings is 1. The number of aryl methyl sites for hydroxylation is 2. The standard InChI is InChI=1S/C23H20ClNO4/c1-14-13-29-15(2)21(14)20(26)11-23(28)18-10-17(24)8-9-19(18)25(22(23)27)12-16-6-4-3-5-7-16/h3-10,13,28H,11-12H2,1-2H3/t23-/m0/s1. The van der Waals surface area contributed by atoms with Crippen LogP contribution in [0.5, 0.6) is 0 Å². The summed E-state index contributed by atoms with van der Waals surface area (Å²) in [5.74, 6) is -0.420. The maximum absolute atomic E-state index is 13.3. The molecule has 5 nitrogen and oxygen atoms in total. The predicted molar refractivity (Wildman–Crippen MR) is 110 cm³/mol. The Balaban J connectivity index is 1.74. The Morgan fingerprint density at radius 2 is 1.90 bits per heavy atom. The Labute approximate surface area is 173 Å². The first-order chi connectivity index (χ1) is 13.8. The summed E-state index contributed by atoms with van der Waals surface area (Å²) in [6, 6.07) is 14.4. The van der Waals surface area contributed by atoms with Crippen LogP contribution in [-0.2, 0) is 16.9 Å². The molecule has 0 aliphatic carbocycles. The number of anilines is 1. The van der Waals surface area contributed by atoms with Gasteiger partial charge in [-0.05, 0) is 43.2 Å². The zero-order valence-corrected chi connectivity index (χ0v) is 16.9. The number of aliphatic hydroxyl groups is 1. The van der Waals surface area contributed by atoms with Gasteiger partial charge in [0.05, 0.1) is 30.5 Å². The number of carbonyl (C=O) groups is 2. The number of carbonyl (C=O) groups excluding carboxylic acids is 2. The maximum Gasteiger partial charge on any atom is 0.264 e. The molecule has 0 saturated carbocycles. The van der Waals surface area contributed by atoms with E-state index >= 15 is 0 Å². The van der Waals surface area contributed by atoms with E-state index < -0.39 is 11.5 Å². The second kappa shape index (κ2) is 7.17. The molecule has 1 amide bonds. The monoisotopic (exact) mass is 409 g/mol. The van der Waals surface area contributed by atoms with E-state index in [1.54, 1.807) is 32.0 Å². The SMILES string of the molecule is Cc1coc(C)c1C(=O)C[C@@]1(O)C(=O)N(Cc2ccccc2)c2ccc(Cl)cc21. The number of hydrogen-bond donors (Lipinski definition) is 1. The zero-order chi connectivity index (χ0) is 20.8. The highest BCUT2D eigenvalue weighted by Crippen LogP contribution is 2.45. The Bertz CT molecular complexity index is 1090. The number of Topliss-reactive ketones (excluding diaryl/α,β-unsaturated/α-hetero) is 1. The molecule has 0 fully saturated rings. The van der Waals surface area contributed by atoms with E-state index in [2.05, 4.69) is 0 Å². The number of benzene rings is 2. The number of ketones is 1. The maximum atomic E-state index is 13.3. The van der Waals surface area contributed by atoms with Crippen molar-refractivity contribution in [3.8, 4) is 0 Å². The van der Waals surface area contributed by atoms with Crippen molar-refractivity contribution in [1.82, 2.24) is 0 Å². The quantitative estimate of drug-likeness (QED) is 0.627. The van der Waals surface area contributed by atoms with Crippen molar-refractivity contribution in [3.05, 3.63) is 87.8 Å². The summed E-state index contributed by atoms with van der Waals surface area (Å²) in [5.41, 5.74) is 0.906. The fraction of sp³-hybridized carbons (Fsp3) is 0.217. The molecule has 3 aromatic rings. The van der Waals surface area contributed by atoms with Crippen molar-refractivity contribution in [2.75, 3.05) is 4.90 Å². The molecule has 0 spiro atoms. The van der Waals surface area contributed by atoms with Gasteiger partial charge in [-0.1, -0.05) is 41.9 Å². The molecule has 0 saturated heterocycles. The summed E-state index contributed by atoms with van der Waals surface area (Å²) in [4.78, 5) is 27.8. The molecule has 1 aromatic heterocycles. The topological polar surface area (TPSA) is 70.7 Å². The molecule has 1 aliphatic rings. The van der Waals surface area contributed by atoms with Gasteiger partial charge in [-0.2, -0.15) is 0 Å². The highest BCUT2D eigenvalue weighted by Gasteiger charge is 2.51. The first kappa shape index (κ1) is 19.4. The van der Waals surface area contributed by atoms with Crippen molar-refractivity contribution in [2.24, 2.45) is 0 Å². The van der Waals surface area contributed by atoms with Gasteiger partial charge >= 0.3 is 0 Å². The Morgan fingerprint density at radius 1 is 1.17 bits per heavy atom. The number of nitrogens with zero attached hydrogens (tertiary/aromatic N) is 1. The number of fused-ring (bicyclic) bond motifs is 1. The second-order valence-corrected chi connectivity index (χ2v) is 7.78. The Hall–Kier alpha value is -2.89. The third-order valence-electron chi connectivity index (χ3n) is 5.33. The minimum atomic E-state index is -1.98. The summed E-state index contributed by atoms with van der Waals surface area (Å²) in [6.07, 6.45) is 1.11. The highest BCUT2D eigenvalue weighted by atomic mass is 35.5. The molecule has 0 bridgehead atoms. The van der Waals surface area contributed by atoms with E-state index in [0.717, 1.165) is 5.56 Å². The van der Waals surface area contributed by atoms with Gasteiger partial charge in [0.2, 0.25) is 0 Å². The highest BCUT2D eigenvalue weighted by molar-refractivity contribution is 6.31. The average Bonchev–Trinajstić information content (AvgIpc) is 3.13. The predicted octanol–water partition coefficient (Wildman–Crippen LogP) is 4.56. The molecule has 1 N–H and O–H groups in total. The van der Waals surface area contributed by atoms with E-state index in [1.165, 1.54) is 11.2 Å². The molecule has 6 heteroatoms. The summed E-state index contributed by atoms with van der Waals surface area (Å²) < 4.78 is 5.31. The van der Waals surface area contributed by atoms with E-state index in [1.807, 2.05) is 30.3 Å². The van der Waals surface area contributed by atoms with Crippen molar-refractivity contribution in [3.63, 3.8) is 0 Å². The zero-order valence-electron chi connectivity index (χ0n) is 16.1.